The Balaban J connectivity index is 2.46. The molecule has 2 rings (SSSR count). The van der Waals surface area contributed by atoms with E-state index < -0.39 is 12.0 Å². The van der Waals surface area contributed by atoms with Crippen LogP contribution in [0, 0.1) is 0 Å². The number of carbonyl (C=O) groups excluding carboxylic acids is 1. The first-order chi connectivity index (χ1) is 6.20. The molecular formula is C7H7N3O3. The monoisotopic (exact) mass is 181 g/mol. The lowest BCUT2D eigenvalue weighted by molar-refractivity contribution is -0.141. The molecule has 0 fully saturated rings. The third kappa shape index (κ3) is 1.07. The number of nitrogens with one attached hydrogen (secondary N) is 1. The smallest absolute Gasteiger partial charge is 0.330 e. The van der Waals surface area contributed by atoms with Crippen LogP contribution >= 0.6 is 0 Å². The molecule has 2 N–H and O–H groups in total. The summed E-state index contributed by atoms with van der Waals surface area (Å²) in [5, 5.41) is 15.0. The van der Waals surface area contributed by atoms with Crippen molar-refractivity contribution >= 4 is 11.9 Å². The molecule has 0 spiro atoms. The van der Waals surface area contributed by atoms with Gasteiger partial charge in [0.25, 0.3) is 5.91 Å². The lowest BCUT2D eigenvalue weighted by Crippen LogP contribution is -2.42. The number of fused-ring (bicyclic) bond motifs is 1. The van der Waals surface area contributed by atoms with Gasteiger partial charge in [-0.2, -0.15) is 5.10 Å². The van der Waals surface area contributed by atoms with Crippen molar-refractivity contribution in [3.8, 4) is 0 Å². The predicted octanol–water partition coefficient (Wildman–Crippen LogP) is -0.748. The van der Waals surface area contributed by atoms with Gasteiger partial charge in [0.2, 0.25) is 0 Å². The largest absolute Gasteiger partial charge is 0.480 e. The molecule has 0 bridgehead atoms. The lowest BCUT2D eigenvalue weighted by Gasteiger charge is -2.21. The fourth-order valence-corrected chi connectivity index (χ4v) is 1.30. The van der Waals surface area contributed by atoms with Gasteiger partial charge in [-0.1, -0.05) is 0 Å². The Kier molecular flexibility index (Phi) is 1.54. The van der Waals surface area contributed by atoms with Crippen LogP contribution in [-0.2, 0) is 4.79 Å². The van der Waals surface area contributed by atoms with E-state index in [0.717, 1.165) is 0 Å². The van der Waals surface area contributed by atoms with Crippen molar-refractivity contribution in [3.05, 3.63) is 18.0 Å². The van der Waals surface area contributed by atoms with E-state index in [1.807, 2.05) is 0 Å². The molecule has 1 aromatic rings. The van der Waals surface area contributed by atoms with E-state index in [-0.39, 0.29) is 12.5 Å². The summed E-state index contributed by atoms with van der Waals surface area (Å²) in [6.07, 6.45) is 1.41. The molecule has 2 heterocycles. The van der Waals surface area contributed by atoms with Crippen molar-refractivity contribution < 1.29 is 14.7 Å². The van der Waals surface area contributed by atoms with Gasteiger partial charge < -0.3 is 10.4 Å². The number of carboxylic acids is 1. The van der Waals surface area contributed by atoms with Gasteiger partial charge in [-0.05, 0) is 6.07 Å². The molecule has 1 aliphatic rings. The number of hydrogen-bond donors (Lipinski definition) is 2. The average Bonchev–Trinajstić information content (AvgIpc) is 2.53. The van der Waals surface area contributed by atoms with E-state index >= 15 is 0 Å². The summed E-state index contributed by atoms with van der Waals surface area (Å²) in [5.41, 5.74) is 0.290. The van der Waals surface area contributed by atoms with Crippen molar-refractivity contribution in [1.82, 2.24) is 15.1 Å². The van der Waals surface area contributed by atoms with E-state index in [0.29, 0.717) is 5.69 Å². The van der Waals surface area contributed by atoms with Gasteiger partial charge in [-0.15, -0.1) is 0 Å². The fourth-order valence-electron chi connectivity index (χ4n) is 1.30. The molecule has 68 valence electrons. The molecule has 0 saturated carbocycles. The highest BCUT2D eigenvalue weighted by atomic mass is 16.4. The van der Waals surface area contributed by atoms with Crippen LogP contribution in [0.15, 0.2) is 12.3 Å². The first kappa shape index (κ1) is 7.78. The Bertz CT molecular complexity index is 371. The zero-order valence-corrected chi connectivity index (χ0v) is 6.60. The number of rotatable bonds is 1. The molecule has 1 atom stereocenters. The highest BCUT2D eigenvalue weighted by Crippen LogP contribution is 2.13. The summed E-state index contributed by atoms with van der Waals surface area (Å²) in [4.78, 5) is 21.9. The van der Waals surface area contributed by atoms with Gasteiger partial charge in [-0.25, -0.2) is 9.48 Å². The summed E-state index contributed by atoms with van der Waals surface area (Å²) >= 11 is 0. The number of carbonyl (C=O) groups is 2. The standard InChI is InChI=1S/C7H7N3O3/c11-6-4-1-2-9-10(4)5(3-8-6)7(12)13/h1-2,5H,3H2,(H,8,11)(H,12,13). The number of amides is 1. The van der Waals surface area contributed by atoms with Crippen LogP contribution in [0.25, 0.3) is 0 Å². The number of carboxylic acid groups (broad SMARTS) is 1. The Hall–Kier alpha value is -1.85. The Morgan fingerprint density at radius 2 is 2.54 bits per heavy atom. The molecule has 0 aromatic carbocycles. The first-order valence-electron chi connectivity index (χ1n) is 3.74. The second kappa shape index (κ2) is 2.58. The van der Waals surface area contributed by atoms with Crippen molar-refractivity contribution in [2.75, 3.05) is 6.54 Å². The van der Waals surface area contributed by atoms with E-state index in [1.165, 1.54) is 16.9 Å². The number of aliphatic carboxylic acids is 1. The molecule has 1 unspecified atom stereocenters. The maximum Gasteiger partial charge on any atom is 0.330 e. The predicted molar refractivity (Wildman–Crippen MR) is 41.2 cm³/mol. The summed E-state index contributed by atoms with van der Waals surface area (Å²) in [6.45, 7) is 0.0862. The summed E-state index contributed by atoms with van der Waals surface area (Å²) in [6, 6.07) is 0.701. The van der Waals surface area contributed by atoms with Gasteiger partial charge in [0.1, 0.15) is 5.69 Å². The summed E-state index contributed by atoms with van der Waals surface area (Å²) in [5.74, 6) is -1.28. The van der Waals surface area contributed by atoms with E-state index in [1.54, 1.807) is 0 Å². The number of nitrogens with zero attached hydrogens (tertiary/aromatic N) is 2. The second-order valence-electron chi connectivity index (χ2n) is 2.73. The minimum Gasteiger partial charge on any atom is -0.480 e. The molecule has 1 aliphatic heterocycles. The van der Waals surface area contributed by atoms with Crippen LogP contribution in [0.5, 0.6) is 0 Å². The third-order valence-corrected chi connectivity index (χ3v) is 1.94. The lowest BCUT2D eigenvalue weighted by atomic mass is 10.2. The normalized spacial score (nSPS) is 20.6. The first-order valence-corrected chi connectivity index (χ1v) is 3.74. The topological polar surface area (TPSA) is 84.2 Å². The fraction of sp³-hybridized carbons (Fsp3) is 0.286. The van der Waals surface area contributed by atoms with Crippen LogP contribution in [0.2, 0.25) is 0 Å². The second-order valence-corrected chi connectivity index (χ2v) is 2.73. The maximum absolute atomic E-state index is 11.1. The molecule has 0 radical (unpaired) electrons. The van der Waals surface area contributed by atoms with Crippen LogP contribution < -0.4 is 5.32 Å². The van der Waals surface area contributed by atoms with E-state index in [4.69, 9.17) is 5.11 Å². The number of aromatic nitrogens is 2. The van der Waals surface area contributed by atoms with Crippen LogP contribution in [-0.4, -0.2) is 33.3 Å². The van der Waals surface area contributed by atoms with Gasteiger partial charge in [-0.3, -0.25) is 4.79 Å². The Morgan fingerprint density at radius 1 is 1.77 bits per heavy atom. The van der Waals surface area contributed by atoms with Crippen LogP contribution in [0.3, 0.4) is 0 Å². The molecule has 1 aromatic heterocycles. The Morgan fingerprint density at radius 3 is 3.23 bits per heavy atom. The SMILES string of the molecule is O=C1NCC(C(=O)O)n2nccc21. The van der Waals surface area contributed by atoms with Crippen LogP contribution in [0.1, 0.15) is 16.5 Å². The third-order valence-electron chi connectivity index (χ3n) is 1.94. The van der Waals surface area contributed by atoms with Gasteiger partial charge in [0.05, 0.1) is 6.54 Å². The zero-order valence-electron chi connectivity index (χ0n) is 6.60. The van der Waals surface area contributed by atoms with Gasteiger partial charge in [0, 0.05) is 6.20 Å². The summed E-state index contributed by atoms with van der Waals surface area (Å²) in [7, 11) is 0. The van der Waals surface area contributed by atoms with Gasteiger partial charge in [0.15, 0.2) is 6.04 Å². The maximum atomic E-state index is 11.1. The number of hydrogen-bond acceptors (Lipinski definition) is 3. The van der Waals surface area contributed by atoms with Crippen molar-refractivity contribution in [3.63, 3.8) is 0 Å². The van der Waals surface area contributed by atoms with Gasteiger partial charge >= 0.3 is 5.97 Å². The highest BCUT2D eigenvalue weighted by molar-refractivity contribution is 5.94. The molecule has 13 heavy (non-hydrogen) atoms. The van der Waals surface area contributed by atoms with E-state index in [9.17, 15) is 9.59 Å². The Labute approximate surface area is 73.2 Å². The minimum atomic E-state index is -0.995. The molecule has 0 aliphatic carbocycles. The minimum absolute atomic E-state index is 0.0862. The molecule has 6 heteroatoms. The highest BCUT2D eigenvalue weighted by Gasteiger charge is 2.29. The van der Waals surface area contributed by atoms with Crippen LogP contribution in [0.4, 0.5) is 0 Å². The average molecular weight is 181 g/mol. The summed E-state index contributed by atoms with van der Waals surface area (Å²) < 4.78 is 1.22. The zero-order chi connectivity index (χ0) is 9.42. The van der Waals surface area contributed by atoms with Crippen molar-refractivity contribution in [2.45, 2.75) is 6.04 Å². The van der Waals surface area contributed by atoms with Crippen molar-refractivity contribution in [1.29, 1.82) is 0 Å². The molecule has 6 nitrogen and oxygen atoms in total. The molecular weight excluding hydrogens is 174 g/mol. The molecule has 1 amide bonds. The quantitative estimate of drug-likeness (QED) is 0.597. The van der Waals surface area contributed by atoms with Crippen molar-refractivity contribution in [2.24, 2.45) is 0 Å². The van der Waals surface area contributed by atoms with E-state index in [2.05, 4.69) is 10.4 Å². The molecule has 0 saturated heterocycles.